The van der Waals surface area contributed by atoms with Crippen LogP contribution in [0.15, 0.2) is 21.6 Å². The molecular weight excluding hydrogens is 332 g/mol. The summed E-state index contributed by atoms with van der Waals surface area (Å²) in [6.45, 7) is 8.51. The van der Waals surface area contributed by atoms with Crippen LogP contribution in [0.5, 0.6) is 0 Å². The number of aromatic nitrogens is 2. The molecule has 0 bridgehead atoms. The van der Waals surface area contributed by atoms with E-state index in [2.05, 4.69) is 35.6 Å². The number of H-pyrrole nitrogens is 1. The van der Waals surface area contributed by atoms with E-state index >= 15 is 0 Å². The molecule has 0 spiro atoms. The summed E-state index contributed by atoms with van der Waals surface area (Å²) in [6, 6.07) is 4.07. The summed E-state index contributed by atoms with van der Waals surface area (Å²) in [5.41, 5.74) is 1.20. The standard InChI is InChI=1S/C19H24N4OS/c1-19(2,3)14-4-7-23(8-5-14)17-15(11-20)18(24)22-16(21-17)10-13-6-9-25-12-13/h6,9,12,14H,4-5,7-8,10H2,1-3H3,(H,21,22,24). The number of piperidine rings is 1. The Bertz CT molecular complexity index is 819. The Kier molecular flexibility index (Phi) is 4.96. The van der Waals surface area contributed by atoms with Crippen LogP contribution in [0.1, 0.15) is 50.6 Å². The van der Waals surface area contributed by atoms with Crippen molar-refractivity contribution in [2.24, 2.45) is 11.3 Å². The zero-order chi connectivity index (χ0) is 18.0. The van der Waals surface area contributed by atoms with E-state index in [1.54, 1.807) is 11.3 Å². The van der Waals surface area contributed by atoms with Crippen LogP contribution in [0.4, 0.5) is 5.82 Å². The number of anilines is 1. The number of nitrogens with one attached hydrogen (secondary N) is 1. The van der Waals surface area contributed by atoms with Crippen LogP contribution in [0.2, 0.25) is 0 Å². The van der Waals surface area contributed by atoms with Crippen molar-refractivity contribution < 1.29 is 0 Å². The van der Waals surface area contributed by atoms with Crippen molar-refractivity contribution in [3.8, 4) is 6.07 Å². The Morgan fingerprint density at radius 2 is 2.12 bits per heavy atom. The van der Waals surface area contributed by atoms with E-state index in [0.717, 1.165) is 31.5 Å². The molecule has 6 heteroatoms. The van der Waals surface area contributed by atoms with Crippen molar-refractivity contribution in [1.82, 2.24) is 9.97 Å². The predicted molar refractivity (Wildman–Crippen MR) is 101 cm³/mol. The van der Waals surface area contributed by atoms with Gasteiger partial charge in [0.2, 0.25) is 0 Å². The van der Waals surface area contributed by atoms with Gasteiger partial charge in [-0.15, -0.1) is 0 Å². The lowest BCUT2D eigenvalue weighted by Gasteiger charge is -2.39. The number of hydrogen-bond donors (Lipinski definition) is 1. The smallest absolute Gasteiger partial charge is 0.271 e. The number of aromatic amines is 1. The summed E-state index contributed by atoms with van der Waals surface area (Å²) < 4.78 is 0. The first-order valence-corrected chi connectivity index (χ1v) is 9.62. The molecule has 0 saturated carbocycles. The van der Waals surface area contributed by atoms with Gasteiger partial charge in [-0.05, 0) is 46.6 Å². The highest BCUT2D eigenvalue weighted by atomic mass is 32.1. The third kappa shape index (κ3) is 3.93. The van der Waals surface area contributed by atoms with E-state index in [-0.39, 0.29) is 16.5 Å². The highest BCUT2D eigenvalue weighted by Crippen LogP contribution is 2.35. The molecule has 0 unspecified atom stereocenters. The lowest BCUT2D eigenvalue weighted by Crippen LogP contribution is -2.39. The van der Waals surface area contributed by atoms with Gasteiger partial charge in [-0.25, -0.2) is 4.98 Å². The van der Waals surface area contributed by atoms with E-state index in [0.29, 0.717) is 24.0 Å². The monoisotopic (exact) mass is 356 g/mol. The number of rotatable bonds is 3. The van der Waals surface area contributed by atoms with E-state index in [4.69, 9.17) is 0 Å². The van der Waals surface area contributed by atoms with Crippen molar-refractivity contribution in [2.75, 3.05) is 18.0 Å². The number of nitrogens with zero attached hydrogens (tertiary/aromatic N) is 3. The minimum atomic E-state index is -0.337. The topological polar surface area (TPSA) is 72.8 Å². The van der Waals surface area contributed by atoms with Crippen LogP contribution in [-0.2, 0) is 6.42 Å². The van der Waals surface area contributed by atoms with Crippen molar-refractivity contribution in [3.63, 3.8) is 0 Å². The maximum atomic E-state index is 12.3. The summed E-state index contributed by atoms with van der Waals surface area (Å²) in [4.78, 5) is 21.9. The Morgan fingerprint density at radius 1 is 1.40 bits per heavy atom. The minimum absolute atomic E-state index is 0.128. The second kappa shape index (κ2) is 7.01. The summed E-state index contributed by atoms with van der Waals surface area (Å²) in [5, 5.41) is 13.5. The van der Waals surface area contributed by atoms with Crippen LogP contribution in [0.3, 0.4) is 0 Å². The second-order valence-electron chi connectivity index (χ2n) is 7.76. The maximum absolute atomic E-state index is 12.3. The van der Waals surface area contributed by atoms with E-state index in [9.17, 15) is 10.1 Å². The Hall–Kier alpha value is -2.13. The minimum Gasteiger partial charge on any atom is -0.355 e. The SMILES string of the molecule is CC(C)(C)C1CCN(c2nc(Cc3ccsc3)[nH]c(=O)c2C#N)CC1. The molecule has 1 fully saturated rings. The average molecular weight is 356 g/mol. The fourth-order valence-electron chi connectivity index (χ4n) is 3.46. The lowest BCUT2D eigenvalue weighted by molar-refractivity contribution is 0.198. The summed E-state index contributed by atoms with van der Waals surface area (Å²) in [5.74, 6) is 1.82. The molecule has 132 valence electrons. The summed E-state index contributed by atoms with van der Waals surface area (Å²) >= 11 is 1.62. The molecule has 2 aromatic rings. The van der Waals surface area contributed by atoms with Gasteiger partial charge in [-0.1, -0.05) is 20.8 Å². The average Bonchev–Trinajstić information content (AvgIpc) is 3.06. The first-order valence-electron chi connectivity index (χ1n) is 8.68. The molecule has 1 aliphatic heterocycles. The molecule has 0 aliphatic carbocycles. The Morgan fingerprint density at radius 3 is 2.68 bits per heavy atom. The normalized spacial score (nSPS) is 16.0. The van der Waals surface area contributed by atoms with Crippen molar-refractivity contribution in [2.45, 2.75) is 40.0 Å². The molecule has 2 aromatic heterocycles. The van der Waals surface area contributed by atoms with Gasteiger partial charge in [0.25, 0.3) is 5.56 Å². The van der Waals surface area contributed by atoms with Crippen LogP contribution in [0, 0.1) is 22.7 Å². The molecular formula is C19H24N4OS. The predicted octanol–water partition coefficient (Wildman–Crippen LogP) is 3.56. The van der Waals surface area contributed by atoms with Crippen molar-refractivity contribution >= 4 is 17.2 Å². The van der Waals surface area contributed by atoms with Crippen molar-refractivity contribution in [3.05, 3.63) is 44.1 Å². The van der Waals surface area contributed by atoms with Crippen LogP contribution >= 0.6 is 11.3 Å². The first-order chi connectivity index (χ1) is 11.9. The number of hydrogen-bond acceptors (Lipinski definition) is 5. The van der Waals surface area contributed by atoms with Gasteiger partial charge in [0.05, 0.1) is 0 Å². The van der Waals surface area contributed by atoms with Gasteiger partial charge in [0, 0.05) is 19.5 Å². The third-order valence-corrected chi connectivity index (χ3v) is 5.76. The summed E-state index contributed by atoms with van der Waals surface area (Å²) in [6.07, 6.45) is 2.70. The maximum Gasteiger partial charge on any atom is 0.271 e. The molecule has 1 N–H and O–H groups in total. The third-order valence-electron chi connectivity index (χ3n) is 5.03. The molecule has 0 radical (unpaired) electrons. The highest BCUT2D eigenvalue weighted by Gasteiger charge is 2.30. The molecule has 0 atom stereocenters. The molecule has 1 saturated heterocycles. The molecule has 1 aliphatic rings. The fourth-order valence-corrected chi connectivity index (χ4v) is 4.13. The zero-order valence-electron chi connectivity index (χ0n) is 15.0. The largest absolute Gasteiger partial charge is 0.355 e. The first kappa shape index (κ1) is 17.7. The van der Waals surface area contributed by atoms with Crippen LogP contribution < -0.4 is 10.5 Å². The van der Waals surface area contributed by atoms with Gasteiger partial charge in [-0.2, -0.15) is 16.6 Å². The van der Waals surface area contributed by atoms with E-state index in [1.165, 1.54) is 0 Å². The van der Waals surface area contributed by atoms with E-state index in [1.807, 2.05) is 22.9 Å². The van der Waals surface area contributed by atoms with Gasteiger partial charge >= 0.3 is 0 Å². The molecule has 0 amide bonds. The Balaban J connectivity index is 1.86. The number of thiophene rings is 1. The lowest BCUT2D eigenvalue weighted by atomic mass is 9.75. The zero-order valence-corrected chi connectivity index (χ0v) is 15.8. The second-order valence-corrected chi connectivity index (χ2v) is 8.54. The van der Waals surface area contributed by atoms with Gasteiger partial charge in [0.15, 0.2) is 11.4 Å². The highest BCUT2D eigenvalue weighted by molar-refractivity contribution is 7.07. The molecule has 3 rings (SSSR count). The van der Waals surface area contributed by atoms with Crippen LogP contribution in [0.25, 0.3) is 0 Å². The van der Waals surface area contributed by atoms with Crippen LogP contribution in [-0.4, -0.2) is 23.1 Å². The summed E-state index contributed by atoms with van der Waals surface area (Å²) in [7, 11) is 0. The van der Waals surface area contributed by atoms with Gasteiger partial charge in [0.1, 0.15) is 11.9 Å². The Labute approximate surface area is 152 Å². The number of nitriles is 1. The fraction of sp³-hybridized carbons (Fsp3) is 0.526. The van der Waals surface area contributed by atoms with Gasteiger partial charge in [-0.3, -0.25) is 4.79 Å². The van der Waals surface area contributed by atoms with E-state index < -0.39 is 0 Å². The molecule has 5 nitrogen and oxygen atoms in total. The van der Waals surface area contributed by atoms with Crippen molar-refractivity contribution in [1.29, 1.82) is 5.26 Å². The quantitative estimate of drug-likeness (QED) is 0.913. The van der Waals surface area contributed by atoms with Gasteiger partial charge < -0.3 is 9.88 Å². The molecule has 3 heterocycles. The molecule has 25 heavy (non-hydrogen) atoms. The molecule has 0 aromatic carbocycles.